The maximum Gasteiger partial charge on any atom is 0.371 e. The van der Waals surface area contributed by atoms with Gasteiger partial charge in [0.25, 0.3) is 17.5 Å². The van der Waals surface area contributed by atoms with Gasteiger partial charge in [0.15, 0.2) is 22.7 Å². The molecule has 0 bridgehead atoms. The number of carbonyl (C=O) groups excluding carboxylic acids is 4. The van der Waals surface area contributed by atoms with Crippen molar-refractivity contribution in [2.45, 2.75) is 48.9 Å². The first-order valence-electron chi connectivity index (χ1n) is 9.65. The van der Waals surface area contributed by atoms with E-state index in [1.54, 1.807) is 0 Å². The van der Waals surface area contributed by atoms with E-state index >= 15 is 0 Å². The molecule has 4 unspecified atom stereocenters. The lowest BCUT2D eigenvalue weighted by molar-refractivity contribution is -0.213. The van der Waals surface area contributed by atoms with Crippen LogP contribution in [0.5, 0.6) is 0 Å². The largest absolute Gasteiger partial charge is 0.477 e. The number of thiazole rings is 1. The van der Waals surface area contributed by atoms with Gasteiger partial charge in [0, 0.05) is 11.1 Å². The van der Waals surface area contributed by atoms with Gasteiger partial charge in [0.1, 0.15) is 11.7 Å². The number of nitrogens with zero attached hydrogens (tertiary/aromatic N) is 3. The van der Waals surface area contributed by atoms with Gasteiger partial charge in [-0.25, -0.2) is 9.78 Å². The summed E-state index contributed by atoms with van der Waals surface area (Å²) in [6.45, 7) is 2.87. The topological polar surface area (TPSA) is 191 Å². The predicted molar refractivity (Wildman–Crippen MR) is 114 cm³/mol. The molecule has 3 saturated heterocycles. The highest BCUT2D eigenvalue weighted by Crippen LogP contribution is 2.49. The molecule has 1 aromatic rings. The molecular weight excluding hydrogens is 478 g/mol. The molecule has 4 atom stereocenters. The summed E-state index contributed by atoms with van der Waals surface area (Å²) in [4.78, 5) is 71.0. The Labute approximate surface area is 194 Å². The molecule has 0 saturated carbocycles. The summed E-state index contributed by atoms with van der Waals surface area (Å²) in [6, 6.07) is -1.81. The number of esters is 1. The van der Waals surface area contributed by atoms with Crippen LogP contribution in [-0.2, 0) is 33.5 Å². The molecule has 2 amide bonds. The summed E-state index contributed by atoms with van der Waals surface area (Å²) in [5, 5.41) is 16.9. The van der Waals surface area contributed by atoms with E-state index < -0.39 is 52.4 Å². The molecule has 0 aliphatic carbocycles. The van der Waals surface area contributed by atoms with Gasteiger partial charge in [0.2, 0.25) is 0 Å². The summed E-state index contributed by atoms with van der Waals surface area (Å²) in [5.74, 6) is -3.40. The number of nitrogens with two attached hydrogens (primary N) is 1. The molecule has 4 heterocycles. The minimum atomic E-state index is -2.10. The molecule has 1 aromatic heterocycles. The minimum Gasteiger partial charge on any atom is -0.477 e. The minimum absolute atomic E-state index is 0.0742. The van der Waals surface area contributed by atoms with Gasteiger partial charge < -0.3 is 25.7 Å². The predicted octanol–water partition coefficient (Wildman–Crippen LogP) is -1.04. The lowest BCUT2D eigenvalue weighted by Gasteiger charge is -2.56. The number of oxime groups is 1. The van der Waals surface area contributed by atoms with Gasteiger partial charge in [-0.15, -0.1) is 23.1 Å². The third-order valence-corrected chi connectivity index (χ3v) is 7.43. The summed E-state index contributed by atoms with van der Waals surface area (Å²) >= 11 is 2.24. The first-order valence-corrected chi connectivity index (χ1v) is 11.6. The normalized spacial score (nSPS) is 28.8. The molecule has 0 radical (unpaired) electrons. The number of hydrogen-bond acceptors (Lipinski definition) is 12. The van der Waals surface area contributed by atoms with E-state index in [-0.39, 0.29) is 28.7 Å². The van der Waals surface area contributed by atoms with Crippen LogP contribution < -0.4 is 11.1 Å². The van der Waals surface area contributed by atoms with Crippen LogP contribution >= 0.6 is 23.1 Å². The standard InChI is InChI=1S/C18H19N5O8S2/c1-17(2,6-24)31-22-11(7-4-33-16(19)20-7)13(26)21-12-8-5-32-9-3-10(25)30-18(9,15(28)29)23(8)14(12)27/h4,6,8-9,12H,3,5H2,1-2H3,(H2,19,20)(H,21,26)(H,28,29)/b22-11+. The van der Waals surface area contributed by atoms with Crippen molar-refractivity contribution in [1.82, 2.24) is 15.2 Å². The Morgan fingerprint density at radius 1 is 1.48 bits per heavy atom. The molecule has 4 rings (SSSR count). The van der Waals surface area contributed by atoms with E-state index in [1.165, 1.54) is 31.0 Å². The van der Waals surface area contributed by atoms with Crippen LogP contribution in [0.2, 0.25) is 0 Å². The third kappa shape index (κ3) is 3.70. The van der Waals surface area contributed by atoms with Crippen molar-refractivity contribution in [3.63, 3.8) is 0 Å². The van der Waals surface area contributed by atoms with Gasteiger partial charge in [-0.2, -0.15) is 0 Å². The Balaban J connectivity index is 1.57. The second-order valence-corrected chi connectivity index (χ2v) is 10.2. The summed E-state index contributed by atoms with van der Waals surface area (Å²) in [7, 11) is 0. The molecule has 0 spiro atoms. The molecule has 33 heavy (non-hydrogen) atoms. The molecule has 13 nitrogen and oxygen atoms in total. The molecule has 3 aliphatic rings. The Bertz CT molecular complexity index is 1090. The number of β-lactam (4-membered cyclic amide) rings is 1. The number of aldehydes is 1. The number of nitrogen functional groups attached to an aromatic ring is 1. The van der Waals surface area contributed by atoms with Crippen molar-refractivity contribution in [2.75, 3.05) is 11.5 Å². The van der Waals surface area contributed by atoms with E-state index in [2.05, 4.69) is 15.5 Å². The molecule has 176 valence electrons. The Morgan fingerprint density at radius 2 is 2.21 bits per heavy atom. The Morgan fingerprint density at radius 3 is 2.82 bits per heavy atom. The number of carboxylic acids is 1. The van der Waals surface area contributed by atoms with E-state index in [9.17, 15) is 29.1 Å². The van der Waals surface area contributed by atoms with Crippen molar-refractivity contribution in [3.05, 3.63) is 11.1 Å². The number of carbonyl (C=O) groups is 5. The van der Waals surface area contributed by atoms with Crippen molar-refractivity contribution in [1.29, 1.82) is 0 Å². The first-order chi connectivity index (χ1) is 15.5. The molecule has 3 aliphatic heterocycles. The van der Waals surface area contributed by atoms with Gasteiger partial charge >= 0.3 is 11.9 Å². The van der Waals surface area contributed by atoms with Crippen molar-refractivity contribution in [3.8, 4) is 0 Å². The second-order valence-electron chi connectivity index (χ2n) is 8.05. The quantitative estimate of drug-likeness (QED) is 0.137. The Kier molecular flexibility index (Phi) is 5.56. The fraction of sp³-hybridized carbons (Fsp3) is 0.500. The van der Waals surface area contributed by atoms with E-state index in [0.29, 0.717) is 6.29 Å². The number of anilines is 1. The van der Waals surface area contributed by atoms with Gasteiger partial charge in [-0.3, -0.25) is 24.1 Å². The maximum atomic E-state index is 13.0. The van der Waals surface area contributed by atoms with Crippen LogP contribution in [0.3, 0.4) is 0 Å². The maximum absolute atomic E-state index is 13.0. The van der Waals surface area contributed by atoms with E-state index in [4.69, 9.17) is 15.3 Å². The van der Waals surface area contributed by atoms with Gasteiger partial charge in [-0.1, -0.05) is 5.16 Å². The van der Waals surface area contributed by atoms with Crippen LogP contribution in [0.4, 0.5) is 5.13 Å². The SMILES string of the molecule is CC(C)(C=O)O/N=C(/C(=O)NC1C(=O)N2C1CSC1CC(=O)OC12C(=O)O)c1csc(N)n1. The fourth-order valence-electron chi connectivity index (χ4n) is 3.72. The number of rotatable bonds is 7. The number of aromatic nitrogens is 1. The zero-order valence-corrected chi connectivity index (χ0v) is 19.0. The van der Waals surface area contributed by atoms with E-state index in [0.717, 1.165) is 16.2 Å². The molecule has 4 N–H and O–H groups in total. The number of ether oxygens (including phenoxy) is 1. The zero-order chi connectivity index (χ0) is 24.1. The number of nitrogens with one attached hydrogen (secondary N) is 1. The lowest BCUT2D eigenvalue weighted by atomic mass is 9.89. The average molecular weight is 498 g/mol. The van der Waals surface area contributed by atoms with Gasteiger partial charge in [-0.05, 0) is 13.8 Å². The van der Waals surface area contributed by atoms with Crippen LogP contribution in [0.25, 0.3) is 0 Å². The highest BCUT2D eigenvalue weighted by molar-refractivity contribution is 8.00. The number of aliphatic carboxylic acids is 1. The van der Waals surface area contributed by atoms with Crippen molar-refractivity contribution in [2.24, 2.45) is 5.16 Å². The fourth-order valence-corrected chi connectivity index (χ4v) is 5.79. The molecule has 15 heteroatoms. The highest BCUT2D eigenvalue weighted by atomic mass is 32.2. The van der Waals surface area contributed by atoms with Crippen LogP contribution in [0, 0.1) is 0 Å². The number of hydrogen-bond donors (Lipinski definition) is 3. The molecular formula is C18H19N5O8S2. The number of carboxylic acid groups (broad SMARTS) is 1. The smallest absolute Gasteiger partial charge is 0.371 e. The van der Waals surface area contributed by atoms with Crippen molar-refractivity contribution < 1.29 is 38.7 Å². The zero-order valence-electron chi connectivity index (χ0n) is 17.3. The lowest BCUT2D eigenvalue weighted by Crippen LogP contribution is -2.82. The first kappa shape index (κ1) is 23.0. The Hall–Kier alpha value is -3.20. The molecule has 0 aromatic carbocycles. The van der Waals surface area contributed by atoms with Crippen LogP contribution in [0.1, 0.15) is 26.0 Å². The number of amides is 2. The number of fused-ring (bicyclic) bond motifs is 3. The monoisotopic (exact) mass is 497 g/mol. The number of thioether (sulfide) groups is 1. The van der Waals surface area contributed by atoms with Crippen molar-refractivity contribution >= 4 is 64.0 Å². The summed E-state index contributed by atoms with van der Waals surface area (Å²) < 4.78 is 5.11. The van der Waals surface area contributed by atoms with Crippen LogP contribution in [-0.4, -0.2) is 85.2 Å². The van der Waals surface area contributed by atoms with E-state index in [1.807, 2.05) is 0 Å². The van der Waals surface area contributed by atoms with Gasteiger partial charge in [0.05, 0.1) is 17.7 Å². The summed E-state index contributed by atoms with van der Waals surface area (Å²) in [6.07, 6.45) is 0.370. The van der Waals surface area contributed by atoms with Crippen LogP contribution in [0.15, 0.2) is 10.5 Å². The second kappa shape index (κ2) is 7.98. The molecule has 3 fully saturated rings. The highest BCUT2D eigenvalue weighted by Gasteiger charge is 2.71. The summed E-state index contributed by atoms with van der Waals surface area (Å²) in [5.41, 5.74) is 1.97. The third-order valence-electron chi connectivity index (χ3n) is 5.33. The average Bonchev–Trinajstić information content (AvgIpc) is 3.33.